The van der Waals surface area contributed by atoms with E-state index in [0.29, 0.717) is 0 Å². The number of rotatable bonds is 4. The van der Waals surface area contributed by atoms with Gasteiger partial charge in [0, 0.05) is 0 Å². The third-order valence-corrected chi connectivity index (χ3v) is 10.2. The van der Waals surface area contributed by atoms with Gasteiger partial charge in [-0.05, 0) is 39.4 Å². The molecule has 0 fully saturated rings. The largest absolute Gasteiger partial charge is 0.214 e. The molecule has 0 bridgehead atoms. The summed E-state index contributed by atoms with van der Waals surface area (Å²) in [6, 6.07) is 42.8. The minimum Gasteiger partial charge on any atom is -0.214 e. The van der Waals surface area contributed by atoms with Gasteiger partial charge in [0.1, 0.15) is 0 Å². The Bertz CT molecular complexity index is 1700. The van der Waals surface area contributed by atoms with Crippen molar-refractivity contribution in [2.45, 2.75) is 124 Å². The molecule has 0 atom stereocenters. The summed E-state index contributed by atoms with van der Waals surface area (Å²) < 4.78 is 1.60. The van der Waals surface area contributed by atoms with Gasteiger partial charge in [-0.2, -0.15) is 35.9 Å². The molecule has 1 aliphatic carbocycles. The fourth-order valence-electron chi connectivity index (χ4n) is 6.69. The minimum atomic E-state index is 0. The maximum Gasteiger partial charge on any atom is -0.172 e. The monoisotopic (exact) mass is 808 g/mol. The van der Waals surface area contributed by atoms with Crippen molar-refractivity contribution in [1.82, 2.24) is 0 Å². The Labute approximate surface area is 344 Å². The first kappa shape index (κ1) is 45.7. The standard InChI is InChI=1S/C29H41.C15H14.C5H5.2ClH.Zr/c1-26(2,3)22-14-18-13-19-15-23(27(4,5)6)25(29(10,11)12)17-21(19)20(18)16-24(22)28(7,8)9;1-3-8-14(9-4-1)12-7-13-15-10-5-2-6-11-15;1-2-4-5-3-1;;;/h14,16-17H,13H2,1-12H3;1-6,8-11H,12-13H2;1-5H;2*1H;/q-1;;-1;;;+2/p-2. The van der Waals surface area contributed by atoms with Crippen LogP contribution in [0.15, 0.2) is 109 Å². The Morgan fingerprint density at radius 3 is 1.37 bits per heavy atom. The molecule has 0 aliphatic heterocycles. The van der Waals surface area contributed by atoms with Gasteiger partial charge >= 0.3 is 112 Å². The first-order valence-corrected chi connectivity index (χ1v) is 19.6. The van der Waals surface area contributed by atoms with Gasteiger partial charge in [0.2, 0.25) is 0 Å². The number of hydrogen-bond donors (Lipinski definition) is 0. The Kier molecular flexibility index (Phi) is 16.5. The minimum absolute atomic E-state index is 0. The van der Waals surface area contributed by atoms with Crippen LogP contribution in [0.3, 0.4) is 0 Å². The van der Waals surface area contributed by atoms with Gasteiger partial charge in [0.15, 0.2) is 0 Å². The zero-order valence-electron chi connectivity index (χ0n) is 33.8. The number of benzene rings is 4. The molecule has 1 aliphatic rings. The second kappa shape index (κ2) is 18.7. The zero-order valence-corrected chi connectivity index (χ0v) is 37.7. The van der Waals surface area contributed by atoms with Gasteiger partial charge in [-0.15, -0.1) is 16.7 Å². The molecule has 5 aromatic rings. The zero-order chi connectivity index (χ0) is 36.9. The Morgan fingerprint density at radius 2 is 0.981 bits per heavy atom. The van der Waals surface area contributed by atoms with E-state index in [1.54, 1.807) is 27.4 Å². The van der Waals surface area contributed by atoms with Crippen molar-refractivity contribution < 1.29 is 49.0 Å². The molecule has 0 saturated carbocycles. The normalized spacial score (nSPS) is 12.1. The fourth-order valence-corrected chi connectivity index (χ4v) is 7.70. The van der Waals surface area contributed by atoms with Crippen LogP contribution in [-0.4, -0.2) is 3.21 Å². The van der Waals surface area contributed by atoms with Crippen LogP contribution in [0.4, 0.5) is 0 Å². The van der Waals surface area contributed by atoms with E-state index in [1.807, 2.05) is 30.3 Å². The van der Waals surface area contributed by atoms with Crippen molar-refractivity contribution in [3.05, 3.63) is 160 Å². The van der Waals surface area contributed by atoms with E-state index in [1.165, 1.54) is 55.6 Å². The Balaban J connectivity index is 0.000000340. The summed E-state index contributed by atoms with van der Waals surface area (Å²) in [6.07, 6.45) is 3.24. The molecule has 0 N–H and O–H groups in total. The molecule has 0 spiro atoms. The average Bonchev–Trinajstić information content (AvgIpc) is 3.71. The summed E-state index contributed by atoms with van der Waals surface area (Å²) in [6.45, 7) is 28.0. The van der Waals surface area contributed by atoms with E-state index in [9.17, 15) is 0 Å². The molecule has 0 heterocycles. The quantitative estimate of drug-likeness (QED) is 0.171. The molecule has 52 heavy (non-hydrogen) atoms. The molecule has 0 saturated heterocycles. The molecule has 5 aromatic carbocycles. The van der Waals surface area contributed by atoms with E-state index >= 15 is 0 Å². The molecular weight excluding hydrogens is 751 g/mol. The summed E-state index contributed by atoms with van der Waals surface area (Å²) >= 11 is 1.55. The number of fused-ring (bicyclic) bond motifs is 3. The predicted octanol–water partition coefficient (Wildman–Crippen LogP) is 6.85. The van der Waals surface area contributed by atoms with Crippen LogP contribution in [0, 0.1) is 6.07 Å². The van der Waals surface area contributed by atoms with Gasteiger partial charge < -0.3 is 24.8 Å². The second-order valence-electron chi connectivity index (χ2n) is 18.1. The maximum absolute atomic E-state index is 3.90. The van der Waals surface area contributed by atoms with Crippen molar-refractivity contribution >= 4 is 3.21 Å². The van der Waals surface area contributed by atoms with Gasteiger partial charge in [-0.25, -0.2) is 12.1 Å². The molecule has 0 aromatic heterocycles. The van der Waals surface area contributed by atoms with Crippen LogP contribution < -0.4 is 24.8 Å². The Hall–Kier alpha value is -2.44. The van der Waals surface area contributed by atoms with Crippen LogP contribution in [-0.2, 0) is 65.2 Å². The van der Waals surface area contributed by atoms with Crippen molar-refractivity contribution in [2.75, 3.05) is 0 Å². The molecule has 0 nitrogen and oxygen atoms in total. The average molecular weight is 811 g/mol. The van der Waals surface area contributed by atoms with Gasteiger partial charge in [0.05, 0.1) is 0 Å². The van der Waals surface area contributed by atoms with E-state index in [2.05, 4.69) is 168 Å². The summed E-state index contributed by atoms with van der Waals surface area (Å²) in [7, 11) is 0. The van der Waals surface area contributed by atoms with E-state index < -0.39 is 0 Å². The molecule has 3 heteroatoms. The van der Waals surface area contributed by atoms with Crippen LogP contribution in [0.5, 0.6) is 0 Å². The van der Waals surface area contributed by atoms with Crippen LogP contribution in [0.2, 0.25) is 0 Å². The van der Waals surface area contributed by atoms with Crippen molar-refractivity contribution in [1.29, 1.82) is 0 Å². The first-order valence-electron chi connectivity index (χ1n) is 18.3. The molecule has 276 valence electrons. The molecular formula is C49H60Cl2Zr-2. The van der Waals surface area contributed by atoms with Gasteiger partial charge in [-0.1, -0.05) is 106 Å². The van der Waals surface area contributed by atoms with Crippen molar-refractivity contribution in [2.24, 2.45) is 0 Å². The maximum atomic E-state index is 3.90. The van der Waals surface area contributed by atoms with Crippen molar-refractivity contribution in [3.63, 3.8) is 0 Å². The van der Waals surface area contributed by atoms with E-state index in [-0.39, 0.29) is 46.5 Å². The van der Waals surface area contributed by atoms with E-state index in [4.69, 9.17) is 0 Å². The second-order valence-corrected chi connectivity index (χ2v) is 19.8. The van der Waals surface area contributed by atoms with Crippen molar-refractivity contribution in [3.8, 4) is 11.1 Å². The van der Waals surface area contributed by atoms with Crippen LogP contribution >= 0.6 is 0 Å². The van der Waals surface area contributed by atoms with Gasteiger partial charge in [-0.3, -0.25) is 0 Å². The third-order valence-electron chi connectivity index (χ3n) is 9.31. The van der Waals surface area contributed by atoms with Crippen LogP contribution in [0.25, 0.3) is 11.1 Å². The Morgan fingerprint density at radius 1 is 0.558 bits per heavy atom. The molecule has 0 unspecified atom stereocenters. The smallest absolute Gasteiger partial charge is 0.172 e. The fraction of sp³-hybridized carbons (Fsp3) is 0.388. The number of hydrogen-bond acceptors (Lipinski definition) is 0. The molecule has 0 radical (unpaired) electrons. The molecule has 6 rings (SSSR count). The summed E-state index contributed by atoms with van der Waals surface area (Å²) in [5.74, 6) is 0. The summed E-state index contributed by atoms with van der Waals surface area (Å²) in [5.41, 5.74) is 14.8. The topological polar surface area (TPSA) is 0 Å². The predicted molar refractivity (Wildman–Crippen MR) is 216 cm³/mol. The summed E-state index contributed by atoms with van der Waals surface area (Å²) in [4.78, 5) is 0. The van der Waals surface area contributed by atoms with Gasteiger partial charge in [0.25, 0.3) is 0 Å². The van der Waals surface area contributed by atoms with Crippen LogP contribution in [0.1, 0.15) is 128 Å². The third kappa shape index (κ3) is 12.6. The first-order chi connectivity index (χ1) is 23.2. The van der Waals surface area contributed by atoms with E-state index in [0.717, 1.165) is 19.3 Å². The molecule has 0 amide bonds. The SMILES string of the molecule is CC(C)(C)c1[c-]c2c(cc1C(C)(C)C)-c1cc(C(C)(C)C)c(C(C)(C)C)cc1C2.[Cl-].[Cl-].[Zr+2]=[C](Cc1ccccc1)Cc1ccccc1.c1cc[cH-]c1. The summed E-state index contributed by atoms with van der Waals surface area (Å²) in [5, 5.41) is 0. The number of halogens is 2.